The lowest BCUT2D eigenvalue weighted by Crippen LogP contribution is -2.22. The third-order valence-electron chi connectivity index (χ3n) is 5.41. The minimum atomic E-state index is -3.69. The minimum absolute atomic E-state index is 0.00828. The topological polar surface area (TPSA) is 85.7 Å². The number of nitrogens with zero attached hydrogens (tertiary/aromatic N) is 2. The van der Waals surface area contributed by atoms with Crippen LogP contribution in [-0.2, 0) is 10.7 Å². The van der Waals surface area contributed by atoms with Crippen LogP contribution >= 0.6 is 0 Å². The first-order valence-electron chi connectivity index (χ1n) is 10.7. The zero-order valence-electron chi connectivity index (χ0n) is 19.7. The third kappa shape index (κ3) is 5.34. The van der Waals surface area contributed by atoms with Crippen molar-refractivity contribution < 1.29 is 32.5 Å². The molecule has 1 aromatic heterocycles. The molecule has 0 aliphatic rings. The molecular formula is C24H28F3N3O4. The van der Waals surface area contributed by atoms with E-state index in [0.29, 0.717) is 34.0 Å². The first-order valence-corrected chi connectivity index (χ1v) is 10.7. The highest BCUT2D eigenvalue weighted by molar-refractivity contribution is 5.92. The maximum atomic E-state index is 15.0. The SMILES string of the molecule is COc1cc2nc(C)nc(N[C@H](C)c3cccc(C(F)(F)CO)c3F)c2cc1OC[C@H](C)OC. The van der Waals surface area contributed by atoms with Crippen molar-refractivity contribution in [2.24, 2.45) is 0 Å². The van der Waals surface area contributed by atoms with E-state index in [4.69, 9.17) is 19.3 Å². The van der Waals surface area contributed by atoms with Gasteiger partial charge in [0.25, 0.3) is 5.92 Å². The monoisotopic (exact) mass is 479 g/mol. The van der Waals surface area contributed by atoms with Gasteiger partial charge in [-0.05, 0) is 32.9 Å². The van der Waals surface area contributed by atoms with Crippen molar-refractivity contribution in [2.75, 3.05) is 32.8 Å². The lowest BCUT2D eigenvalue weighted by atomic mass is 10.00. The van der Waals surface area contributed by atoms with Crippen molar-refractivity contribution in [2.45, 2.75) is 38.8 Å². The normalized spacial score (nSPS) is 13.6. The van der Waals surface area contributed by atoms with Crippen molar-refractivity contribution in [3.63, 3.8) is 0 Å². The summed E-state index contributed by atoms with van der Waals surface area (Å²) in [6.07, 6.45) is -0.153. The molecule has 0 unspecified atom stereocenters. The second-order valence-corrected chi connectivity index (χ2v) is 7.93. The van der Waals surface area contributed by atoms with E-state index in [1.807, 2.05) is 6.92 Å². The van der Waals surface area contributed by atoms with E-state index in [2.05, 4.69) is 15.3 Å². The van der Waals surface area contributed by atoms with Crippen LogP contribution in [0, 0.1) is 12.7 Å². The maximum Gasteiger partial charge on any atom is 0.298 e. The molecule has 34 heavy (non-hydrogen) atoms. The van der Waals surface area contributed by atoms with Crippen LogP contribution in [0.15, 0.2) is 30.3 Å². The molecule has 2 N–H and O–H groups in total. The van der Waals surface area contributed by atoms with Crippen LogP contribution in [0.5, 0.6) is 11.5 Å². The fourth-order valence-corrected chi connectivity index (χ4v) is 3.44. The van der Waals surface area contributed by atoms with Gasteiger partial charge in [-0.15, -0.1) is 0 Å². The number of halogens is 3. The van der Waals surface area contributed by atoms with Gasteiger partial charge in [-0.25, -0.2) is 14.4 Å². The molecule has 0 amide bonds. The van der Waals surface area contributed by atoms with Crippen molar-refractivity contribution in [1.29, 1.82) is 0 Å². The first-order chi connectivity index (χ1) is 16.1. The van der Waals surface area contributed by atoms with Crippen LogP contribution in [0.1, 0.15) is 36.8 Å². The summed E-state index contributed by atoms with van der Waals surface area (Å²) >= 11 is 0. The summed E-state index contributed by atoms with van der Waals surface area (Å²) in [5.74, 6) is -3.04. The fraction of sp³-hybridized carbons (Fsp3) is 0.417. The molecule has 0 spiro atoms. The van der Waals surface area contributed by atoms with E-state index in [0.717, 1.165) is 6.07 Å². The van der Waals surface area contributed by atoms with Gasteiger partial charge in [0.1, 0.15) is 30.7 Å². The number of hydrogen-bond donors (Lipinski definition) is 2. The van der Waals surface area contributed by atoms with E-state index in [9.17, 15) is 13.2 Å². The van der Waals surface area contributed by atoms with E-state index in [-0.39, 0.29) is 18.3 Å². The molecule has 10 heteroatoms. The Morgan fingerprint density at radius 1 is 1.12 bits per heavy atom. The quantitative estimate of drug-likeness (QED) is 0.434. The van der Waals surface area contributed by atoms with Crippen LogP contribution in [0.3, 0.4) is 0 Å². The predicted octanol–water partition coefficient (Wildman–Crippen LogP) is 4.76. The zero-order chi connectivity index (χ0) is 25.0. The lowest BCUT2D eigenvalue weighted by molar-refractivity contribution is -0.0583. The molecule has 0 radical (unpaired) electrons. The van der Waals surface area contributed by atoms with Crippen molar-refractivity contribution in [3.05, 3.63) is 53.1 Å². The number of ether oxygens (including phenoxy) is 3. The van der Waals surface area contributed by atoms with Crippen LogP contribution in [0.4, 0.5) is 19.0 Å². The van der Waals surface area contributed by atoms with Crippen molar-refractivity contribution in [3.8, 4) is 11.5 Å². The Morgan fingerprint density at radius 2 is 1.85 bits per heavy atom. The summed E-state index contributed by atoms with van der Waals surface area (Å²) in [6.45, 7) is 3.98. The Morgan fingerprint density at radius 3 is 2.50 bits per heavy atom. The molecule has 2 aromatic carbocycles. The zero-order valence-corrected chi connectivity index (χ0v) is 19.7. The maximum absolute atomic E-state index is 15.0. The Labute approximate surface area is 195 Å². The van der Waals surface area contributed by atoms with Gasteiger partial charge < -0.3 is 24.6 Å². The highest BCUT2D eigenvalue weighted by Gasteiger charge is 2.35. The number of aliphatic hydroxyl groups excluding tert-OH is 1. The number of fused-ring (bicyclic) bond motifs is 1. The van der Waals surface area contributed by atoms with Gasteiger partial charge in [-0.3, -0.25) is 0 Å². The van der Waals surface area contributed by atoms with Crippen molar-refractivity contribution in [1.82, 2.24) is 9.97 Å². The smallest absolute Gasteiger partial charge is 0.298 e. The Balaban J connectivity index is 2.02. The van der Waals surface area contributed by atoms with Gasteiger partial charge in [-0.1, -0.05) is 12.1 Å². The molecule has 0 fully saturated rings. The van der Waals surface area contributed by atoms with Gasteiger partial charge in [0.15, 0.2) is 11.5 Å². The molecule has 3 aromatic rings. The van der Waals surface area contributed by atoms with Crippen LogP contribution in [0.25, 0.3) is 10.9 Å². The Hall–Kier alpha value is -3.11. The van der Waals surface area contributed by atoms with E-state index >= 15 is 0 Å². The number of rotatable bonds is 10. The number of aliphatic hydroxyl groups is 1. The molecule has 0 saturated heterocycles. The molecule has 184 valence electrons. The van der Waals surface area contributed by atoms with Crippen LogP contribution in [-0.4, -0.2) is 48.6 Å². The molecule has 2 atom stereocenters. The largest absolute Gasteiger partial charge is 0.493 e. The van der Waals surface area contributed by atoms with Crippen LogP contribution < -0.4 is 14.8 Å². The molecular weight excluding hydrogens is 451 g/mol. The third-order valence-corrected chi connectivity index (χ3v) is 5.41. The lowest BCUT2D eigenvalue weighted by Gasteiger charge is -2.21. The second kappa shape index (κ2) is 10.4. The molecule has 0 saturated carbocycles. The van der Waals surface area contributed by atoms with Crippen molar-refractivity contribution >= 4 is 16.7 Å². The average molecular weight is 479 g/mol. The molecule has 0 aliphatic carbocycles. The molecule has 1 heterocycles. The molecule has 3 rings (SSSR count). The summed E-state index contributed by atoms with van der Waals surface area (Å²) in [6, 6.07) is 6.37. The molecule has 7 nitrogen and oxygen atoms in total. The number of anilines is 1. The number of aryl methyl sites for hydroxylation is 1. The standard InChI is InChI=1S/C24H28F3N3O4/c1-13(32-4)11-34-21-9-17-19(10-20(21)33-5)29-15(3)30-23(17)28-14(2)16-7-6-8-18(22(16)25)24(26,27)12-31/h6-10,13-14,31H,11-12H2,1-5H3,(H,28,29,30)/t13-,14+/m0/s1. The number of hydrogen-bond acceptors (Lipinski definition) is 7. The summed E-state index contributed by atoms with van der Waals surface area (Å²) in [5.41, 5.74) is -0.293. The van der Waals surface area contributed by atoms with E-state index in [1.54, 1.807) is 33.1 Å². The fourth-order valence-electron chi connectivity index (χ4n) is 3.44. The second-order valence-electron chi connectivity index (χ2n) is 7.93. The first kappa shape index (κ1) is 25.5. The number of aromatic nitrogens is 2. The van der Waals surface area contributed by atoms with Crippen LogP contribution in [0.2, 0.25) is 0 Å². The van der Waals surface area contributed by atoms with E-state index < -0.39 is 30.0 Å². The van der Waals surface area contributed by atoms with Gasteiger partial charge in [-0.2, -0.15) is 8.78 Å². The number of alkyl halides is 2. The number of benzene rings is 2. The van der Waals surface area contributed by atoms with Gasteiger partial charge in [0.2, 0.25) is 0 Å². The minimum Gasteiger partial charge on any atom is -0.493 e. The average Bonchev–Trinajstić information content (AvgIpc) is 2.81. The number of methoxy groups -OCH3 is 2. The Kier molecular flexibility index (Phi) is 7.83. The highest BCUT2D eigenvalue weighted by Crippen LogP contribution is 2.37. The Bertz CT molecular complexity index is 1160. The van der Waals surface area contributed by atoms with Gasteiger partial charge >= 0.3 is 0 Å². The molecule has 0 bridgehead atoms. The number of nitrogens with one attached hydrogen (secondary N) is 1. The summed E-state index contributed by atoms with van der Waals surface area (Å²) in [7, 11) is 3.09. The van der Waals surface area contributed by atoms with Gasteiger partial charge in [0, 0.05) is 24.1 Å². The van der Waals surface area contributed by atoms with Gasteiger partial charge in [0.05, 0.1) is 30.3 Å². The summed E-state index contributed by atoms with van der Waals surface area (Å²) in [5, 5.41) is 12.6. The predicted molar refractivity (Wildman–Crippen MR) is 122 cm³/mol. The molecule has 0 aliphatic heterocycles. The van der Waals surface area contributed by atoms with E-state index in [1.165, 1.54) is 19.2 Å². The highest BCUT2D eigenvalue weighted by atomic mass is 19.3. The summed E-state index contributed by atoms with van der Waals surface area (Å²) in [4.78, 5) is 8.88. The summed E-state index contributed by atoms with van der Waals surface area (Å²) < 4.78 is 59.4.